The van der Waals surface area contributed by atoms with E-state index in [1.807, 2.05) is 51.5 Å². The number of allylic oxidation sites excluding steroid dienone is 3. The molecule has 1 N–H and O–H groups in total. The Morgan fingerprint density at radius 3 is 2.29 bits per heavy atom. The number of hydrogen-bond donors (Lipinski definition) is 1. The predicted molar refractivity (Wildman–Crippen MR) is 105 cm³/mol. The van der Waals surface area contributed by atoms with E-state index in [2.05, 4.69) is 37.7 Å². The summed E-state index contributed by atoms with van der Waals surface area (Å²) < 4.78 is 1.86. The van der Waals surface area contributed by atoms with Gasteiger partial charge in [-0.2, -0.15) is 0 Å². The Balaban J connectivity index is 0. The van der Waals surface area contributed by atoms with Crippen LogP contribution in [0.4, 0.5) is 0 Å². The van der Waals surface area contributed by atoms with Gasteiger partial charge in [0.15, 0.2) is 0 Å². The standard InChI is InChI=1S/C14H19N3O.C4H10.C2H6/c1-5-11(2)6-7-12(3)14(18)16-9-13-8-15-10-17(13)4;1-4(2)3;1-2/h5-8,10H,3,9H2,1-2,4H3,(H,16,18);4H,1-3H3;1-2H3/b7-6-,11-5-;;. The highest BCUT2D eigenvalue weighted by atomic mass is 16.1. The van der Waals surface area contributed by atoms with Crippen molar-refractivity contribution in [2.45, 2.75) is 55.0 Å². The summed E-state index contributed by atoms with van der Waals surface area (Å²) in [5.41, 5.74) is 2.48. The Kier molecular flexibility index (Phi) is 14.6. The zero-order chi connectivity index (χ0) is 19.1. The Labute approximate surface area is 148 Å². The normalized spacial score (nSPS) is 10.6. The summed E-state index contributed by atoms with van der Waals surface area (Å²) in [5, 5.41) is 2.80. The Morgan fingerprint density at radius 1 is 1.33 bits per heavy atom. The maximum Gasteiger partial charge on any atom is 0.250 e. The fourth-order valence-electron chi connectivity index (χ4n) is 1.24. The third-order valence-electron chi connectivity index (χ3n) is 2.64. The topological polar surface area (TPSA) is 46.9 Å². The second-order valence-corrected chi connectivity index (χ2v) is 5.80. The molecule has 0 spiro atoms. The van der Waals surface area contributed by atoms with Crippen LogP contribution in [0.25, 0.3) is 0 Å². The third kappa shape index (κ3) is 12.4. The van der Waals surface area contributed by atoms with Gasteiger partial charge in [0.1, 0.15) is 0 Å². The van der Waals surface area contributed by atoms with Gasteiger partial charge in [-0.15, -0.1) is 0 Å². The molecule has 0 saturated heterocycles. The van der Waals surface area contributed by atoms with E-state index < -0.39 is 0 Å². The SMILES string of the molecule is C=C(/C=C\C(C)=C/C)C(=O)NCc1cncn1C.CC.CC(C)C. The molecular formula is C20H35N3O. The van der Waals surface area contributed by atoms with Crippen molar-refractivity contribution in [2.24, 2.45) is 13.0 Å². The molecule has 136 valence electrons. The fourth-order valence-corrected chi connectivity index (χ4v) is 1.24. The molecule has 1 aromatic rings. The first-order valence-corrected chi connectivity index (χ1v) is 8.51. The summed E-state index contributed by atoms with van der Waals surface area (Å²) in [6.45, 7) is 18.6. The molecule has 0 radical (unpaired) electrons. The van der Waals surface area contributed by atoms with E-state index in [-0.39, 0.29) is 5.91 Å². The van der Waals surface area contributed by atoms with Crippen LogP contribution in [0, 0.1) is 5.92 Å². The lowest BCUT2D eigenvalue weighted by atomic mass is 10.2. The van der Waals surface area contributed by atoms with E-state index in [1.165, 1.54) is 0 Å². The molecule has 0 atom stereocenters. The number of carbonyl (C=O) groups is 1. The molecule has 0 saturated carbocycles. The third-order valence-corrected chi connectivity index (χ3v) is 2.64. The van der Waals surface area contributed by atoms with Crippen molar-refractivity contribution < 1.29 is 4.79 Å². The lowest BCUT2D eigenvalue weighted by molar-refractivity contribution is -0.117. The molecule has 24 heavy (non-hydrogen) atoms. The van der Waals surface area contributed by atoms with E-state index in [4.69, 9.17) is 0 Å². The number of rotatable bonds is 5. The highest BCUT2D eigenvalue weighted by Crippen LogP contribution is 2.01. The van der Waals surface area contributed by atoms with Gasteiger partial charge >= 0.3 is 0 Å². The average molecular weight is 334 g/mol. The van der Waals surface area contributed by atoms with Crippen molar-refractivity contribution in [3.05, 3.63) is 54.2 Å². The van der Waals surface area contributed by atoms with Crippen LogP contribution < -0.4 is 5.32 Å². The van der Waals surface area contributed by atoms with Gasteiger partial charge in [-0.05, 0) is 25.8 Å². The van der Waals surface area contributed by atoms with Crippen molar-refractivity contribution in [1.82, 2.24) is 14.9 Å². The van der Waals surface area contributed by atoms with E-state index in [9.17, 15) is 4.79 Å². The summed E-state index contributed by atoms with van der Waals surface area (Å²) in [4.78, 5) is 15.7. The first kappa shape index (κ1) is 24.2. The zero-order valence-electron chi connectivity index (χ0n) is 16.7. The minimum atomic E-state index is -0.170. The number of nitrogens with zero attached hydrogens (tertiary/aromatic N) is 2. The number of carbonyl (C=O) groups excluding carboxylic acids is 1. The minimum absolute atomic E-state index is 0.170. The van der Waals surface area contributed by atoms with Crippen molar-refractivity contribution in [3.63, 3.8) is 0 Å². The second kappa shape index (κ2) is 14.5. The molecule has 4 heteroatoms. The molecule has 0 aliphatic rings. The molecule has 1 aromatic heterocycles. The van der Waals surface area contributed by atoms with Gasteiger partial charge in [-0.1, -0.05) is 58.9 Å². The van der Waals surface area contributed by atoms with Crippen molar-refractivity contribution in [3.8, 4) is 0 Å². The van der Waals surface area contributed by atoms with Crippen molar-refractivity contribution in [2.75, 3.05) is 0 Å². The average Bonchev–Trinajstić information content (AvgIpc) is 2.96. The van der Waals surface area contributed by atoms with E-state index in [0.717, 1.165) is 17.2 Å². The maximum atomic E-state index is 11.7. The molecule has 0 unspecified atom stereocenters. The van der Waals surface area contributed by atoms with Crippen LogP contribution in [-0.2, 0) is 18.4 Å². The van der Waals surface area contributed by atoms with Crippen LogP contribution in [0.2, 0.25) is 0 Å². The van der Waals surface area contributed by atoms with E-state index >= 15 is 0 Å². The molecule has 0 bridgehead atoms. The van der Waals surface area contributed by atoms with Crippen LogP contribution in [0.5, 0.6) is 0 Å². The van der Waals surface area contributed by atoms with Gasteiger partial charge in [0.25, 0.3) is 5.91 Å². The van der Waals surface area contributed by atoms with Crippen LogP contribution in [0.1, 0.15) is 54.2 Å². The summed E-state index contributed by atoms with van der Waals surface area (Å²) in [6, 6.07) is 0. The molecule has 1 amide bonds. The first-order chi connectivity index (χ1) is 11.3. The Hall–Kier alpha value is -2.10. The monoisotopic (exact) mass is 333 g/mol. The van der Waals surface area contributed by atoms with Crippen molar-refractivity contribution >= 4 is 5.91 Å². The molecule has 1 rings (SSSR count). The highest BCUT2D eigenvalue weighted by molar-refractivity contribution is 5.95. The van der Waals surface area contributed by atoms with Gasteiger partial charge in [-0.3, -0.25) is 4.79 Å². The van der Waals surface area contributed by atoms with Crippen LogP contribution in [-0.4, -0.2) is 15.5 Å². The van der Waals surface area contributed by atoms with Gasteiger partial charge in [0.2, 0.25) is 0 Å². The van der Waals surface area contributed by atoms with Crippen molar-refractivity contribution in [1.29, 1.82) is 0 Å². The number of aromatic nitrogens is 2. The Morgan fingerprint density at radius 2 is 1.88 bits per heavy atom. The van der Waals surface area contributed by atoms with Gasteiger partial charge in [0, 0.05) is 18.8 Å². The van der Waals surface area contributed by atoms with Crippen LogP contribution in [0.3, 0.4) is 0 Å². The van der Waals surface area contributed by atoms with Gasteiger partial charge in [-0.25, -0.2) is 4.98 Å². The molecule has 0 fully saturated rings. The van der Waals surface area contributed by atoms with Crippen LogP contribution in [0.15, 0.2) is 48.5 Å². The van der Waals surface area contributed by atoms with Crippen LogP contribution >= 0.6 is 0 Å². The predicted octanol–water partition coefficient (Wildman–Crippen LogP) is 4.80. The molecular weight excluding hydrogens is 298 g/mol. The highest BCUT2D eigenvalue weighted by Gasteiger charge is 2.04. The first-order valence-electron chi connectivity index (χ1n) is 8.51. The smallest absolute Gasteiger partial charge is 0.250 e. The summed E-state index contributed by atoms with van der Waals surface area (Å²) in [6.07, 6.45) is 8.98. The summed E-state index contributed by atoms with van der Waals surface area (Å²) >= 11 is 0. The molecule has 1 heterocycles. The number of hydrogen-bond acceptors (Lipinski definition) is 2. The lowest BCUT2D eigenvalue weighted by Gasteiger charge is -2.05. The largest absolute Gasteiger partial charge is 0.346 e. The molecule has 0 aliphatic carbocycles. The van der Waals surface area contributed by atoms with Gasteiger partial charge < -0.3 is 9.88 Å². The minimum Gasteiger partial charge on any atom is -0.346 e. The van der Waals surface area contributed by atoms with Gasteiger partial charge in [0.05, 0.1) is 18.6 Å². The number of aryl methyl sites for hydroxylation is 1. The second-order valence-electron chi connectivity index (χ2n) is 5.80. The molecule has 0 aromatic carbocycles. The molecule has 0 aliphatic heterocycles. The quantitative estimate of drug-likeness (QED) is 0.621. The number of nitrogens with one attached hydrogen (secondary N) is 1. The van der Waals surface area contributed by atoms with E-state index in [0.29, 0.717) is 12.1 Å². The molecule has 4 nitrogen and oxygen atoms in total. The lowest BCUT2D eigenvalue weighted by Crippen LogP contribution is -2.24. The fraction of sp³-hybridized carbons (Fsp3) is 0.500. The summed E-state index contributed by atoms with van der Waals surface area (Å²) in [5.74, 6) is 0.663. The number of amides is 1. The van der Waals surface area contributed by atoms with E-state index in [1.54, 1.807) is 18.6 Å². The Bertz CT molecular complexity index is 534. The number of imidazole rings is 1. The zero-order valence-corrected chi connectivity index (χ0v) is 16.7. The maximum absolute atomic E-state index is 11.7. The summed E-state index contributed by atoms with van der Waals surface area (Å²) in [7, 11) is 1.89.